The molecule has 0 atom stereocenters. The Morgan fingerprint density at radius 1 is 1.10 bits per heavy atom. The van der Waals surface area contributed by atoms with Gasteiger partial charge in [0, 0.05) is 6.54 Å². The largest absolute Gasteiger partial charge is 0.416 e. The first-order valence-electron chi connectivity index (χ1n) is 5.43. The second-order valence-electron chi connectivity index (χ2n) is 3.99. The first-order chi connectivity index (χ1) is 9.15. The normalized spacial score (nSPS) is 12.9. The van der Waals surface area contributed by atoms with Crippen molar-refractivity contribution in [1.82, 2.24) is 4.98 Å². The first kappa shape index (κ1) is 14.9. The second kappa shape index (κ2) is 5.12. The van der Waals surface area contributed by atoms with Crippen molar-refractivity contribution < 1.29 is 26.3 Å². The molecular formula is C11H8F6N2S. The number of anilines is 1. The van der Waals surface area contributed by atoms with Crippen LogP contribution in [0.2, 0.25) is 0 Å². The van der Waals surface area contributed by atoms with Crippen LogP contribution in [0, 0.1) is 0 Å². The van der Waals surface area contributed by atoms with Gasteiger partial charge in [-0.15, -0.1) is 0 Å². The van der Waals surface area contributed by atoms with E-state index >= 15 is 0 Å². The van der Waals surface area contributed by atoms with Crippen molar-refractivity contribution >= 4 is 26.7 Å². The lowest BCUT2D eigenvalue weighted by atomic mass is 10.2. The van der Waals surface area contributed by atoms with Crippen LogP contribution in [0.4, 0.5) is 31.5 Å². The molecule has 1 heterocycles. The van der Waals surface area contributed by atoms with Crippen molar-refractivity contribution in [2.24, 2.45) is 0 Å². The molecule has 0 fully saturated rings. The number of benzene rings is 1. The molecule has 1 N–H and O–H groups in total. The van der Waals surface area contributed by atoms with Gasteiger partial charge in [-0.1, -0.05) is 11.3 Å². The van der Waals surface area contributed by atoms with Crippen molar-refractivity contribution in [3.8, 4) is 0 Å². The lowest BCUT2D eigenvalue weighted by molar-refractivity contribution is -0.137. The average molecular weight is 314 g/mol. The summed E-state index contributed by atoms with van der Waals surface area (Å²) < 4.78 is 73.8. The Morgan fingerprint density at radius 3 is 2.40 bits per heavy atom. The molecule has 2 aromatic rings. The van der Waals surface area contributed by atoms with Gasteiger partial charge >= 0.3 is 12.4 Å². The van der Waals surface area contributed by atoms with Gasteiger partial charge < -0.3 is 5.32 Å². The number of rotatable bonds is 3. The molecule has 0 spiro atoms. The molecule has 2 rings (SSSR count). The van der Waals surface area contributed by atoms with Gasteiger partial charge in [0.1, 0.15) is 0 Å². The molecule has 0 aliphatic carbocycles. The van der Waals surface area contributed by atoms with Gasteiger partial charge in [0.25, 0.3) is 0 Å². The Hall–Kier alpha value is -1.51. The molecular weight excluding hydrogens is 306 g/mol. The van der Waals surface area contributed by atoms with Gasteiger partial charge in [0.15, 0.2) is 5.13 Å². The number of nitrogens with one attached hydrogen (secondary N) is 1. The lowest BCUT2D eigenvalue weighted by Gasteiger charge is -2.05. The third-order valence-corrected chi connectivity index (χ3v) is 3.39. The topological polar surface area (TPSA) is 24.9 Å². The summed E-state index contributed by atoms with van der Waals surface area (Å²) in [7, 11) is 0. The molecule has 0 unspecified atom stereocenters. The summed E-state index contributed by atoms with van der Waals surface area (Å²) in [6, 6.07) is 3.05. The standard InChI is InChI=1S/C11H8F6N2S/c12-10(13,14)3-4-18-9-19-7-5-6(11(15,16)17)1-2-8(7)20-9/h1-2,5H,3-4H2,(H,18,19). The molecule has 20 heavy (non-hydrogen) atoms. The predicted octanol–water partition coefficient (Wildman–Crippen LogP) is 4.68. The second-order valence-corrected chi connectivity index (χ2v) is 5.02. The molecule has 0 aliphatic heterocycles. The highest BCUT2D eigenvalue weighted by Crippen LogP contribution is 2.34. The molecule has 0 bridgehead atoms. The van der Waals surface area contributed by atoms with Gasteiger partial charge in [0.05, 0.1) is 22.2 Å². The van der Waals surface area contributed by atoms with E-state index in [1.807, 2.05) is 0 Å². The van der Waals surface area contributed by atoms with Crippen LogP contribution in [0.15, 0.2) is 18.2 Å². The highest BCUT2D eigenvalue weighted by atomic mass is 32.1. The maximum Gasteiger partial charge on any atom is 0.416 e. The van der Waals surface area contributed by atoms with E-state index in [2.05, 4.69) is 10.3 Å². The highest BCUT2D eigenvalue weighted by molar-refractivity contribution is 7.22. The minimum atomic E-state index is -4.47. The van der Waals surface area contributed by atoms with E-state index in [1.54, 1.807) is 0 Å². The smallest absolute Gasteiger partial charge is 0.361 e. The van der Waals surface area contributed by atoms with E-state index < -0.39 is 24.3 Å². The van der Waals surface area contributed by atoms with E-state index in [4.69, 9.17) is 0 Å². The number of aromatic nitrogens is 1. The molecule has 9 heteroatoms. The number of alkyl halides is 6. The van der Waals surface area contributed by atoms with Crippen LogP contribution in [0.1, 0.15) is 12.0 Å². The summed E-state index contributed by atoms with van der Waals surface area (Å²) in [5.74, 6) is 0. The van der Waals surface area contributed by atoms with Crippen molar-refractivity contribution in [2.75, 3.05) is 11.9 Å². The zero-order valence-electron chi connectivity index (χ0n) is 9.77. The summed E-state index contributed by atoms with van der Waals surface area (Å²) in [5, 5.41) is 2.62. The van der Waals surface area contributed by atoms with Crippen molar-refractivity contribution in [3.63, 3.8) is 0 Å². The zero-order chi connectivity index (χ0) is 15.0. The highest BCUT2D eigenvalue weighted by Gasteiger charge is 2.31. The fraction of sp³-hybridized carbons (Fsp3) is 0.364. The van der Waals surface area contributed by atoms with E-state index in [-0.39, 0.29) is 17.2 Å². The van der Waals surface area contributed by atoms with Gasteiger partial charge in [-0.3, -0.25) is 0 Å². The summed E-state index contributed by atoms with van der Waals surface area (Å²) in [6.07, 6.45) is -9.79. The van der Waals surface area contributed by atoms with Gasteiger partial charge in [0.2, 0.25) is 0 Å². The van der Waals surface area contributed by atoms with Crippen LogP contribution >= 0.6 is 11.3 Å². The molecule has 2 nitrogen and oxygen atoms in total. The number of halogens is 6. The lowest BCUT2D eigenvalue weighted by Crippen LogP contribution is -2.14. The summed E-state index contributed by atoms with van der Waals surface area (Å²) in [5.41, 5.74) is -0.725. The number of hydrogen-bond donors (Lipinski definition) is 1. The van der Waals surface area contributed by atoms with Crippen LogP contribution in [0.5, 0.6) is 0 Å². The molecule has 0 amide bonds. The Labute approximate surface area is 113 Å². The minimum absolute atomic E-state index is 0.110. The maximum absolute atomic E-state index is 12.5. The number of hydrogen-bond acceptors (Lipinski definition) is 3. The molecule has 0 radical (unpaired) electrons. The zero-order valence-corrected chi connectivity index (χ0v) is 10.6. The predicted molar refractivity (Wildman–Crippen MR) is 63.8 cm³/mol. The Balaban J connectivity index is 2.13. The fourth-order valence-electron chi connectivity index (χ4n) is 1.49. The number of thiazole rings is 1. The van der Waals surface area contributed by atoms with E-state index in [0.29, 0.717) is 4.70 Å². The van der Waals surface area contributed by atoms with Crippen LogP contribution in [0.3, 0.4) is 0 Å². The Kier molecular flexibility index (Phi) is 3.81. The summed E-state index contributed by atoms with van der Waals surface area (Å²) in [6.45, 7) is -0.366. The van der Waals surface area contributed by atoms with Gasteiger partial charge in [-0.25, -0.2) is 4.98 Å². The van der Waals surface area contributed by atoms with E-state index in [0.717, 1.165) is 23.5 Å². The van der Waals surface area contributed by atoms with Crippen LogP contribution in [0.25, 0.3) is 10.2 Å². The molecule has 1 aromatic carbocycles. The SMILES string of the molecule is FC(F)(F)CCNc1nc2cc(C(F)(F)F)ccc2s1. The number of fused-ring (bicyclic) bond motifs is 1. The van der Waals surface area contributed by atoms with Crippen LogP contribution in [-0.2, 0) is 6.18 Å². The average Bonchev–Trinajstić information content (AvgIpc) is 2.67. The van der Waals surface area contributed by atoms with Gasteiger partial charge in [-0.2, -0.15) is 26.3 Å². The van der Waals surface area contributed by atoms with Gasteiger partial charge in [-0.05, 0) is 18.2 Å². The van der Waals surface area contributed by atoms with Crippen LogP contribution in [-0.4, -0.2) is 17.7 Å². The summed E-state index contributed by atoms with van der Waals surface area (Å²) in [4.78, 5) is 3.85. The fourth-order valence-corrected chi connectivity index (χ4v) is 2.36. The molecule has 0 aliphatic rings. The monoisotopic (exact) mass is 314 g/mol. The van der Waals surface area contributed by atoms with Crippen molar-refractivity contribution in [1.29, 1.82) is 0 Å². The molecule has 0 saturated heterocycles. The molecule has 1 aromatic heterocycles. The van der Waals surface area contributed by atoms with Crippen LogP contribution < -0.4 is 5.32 Å². The first-order valence-corrected chi connectivity index (χ1v) is 6.25. The van der Waals surface area contributed by atoms with Crippen molar-refractivity contribution in [2.45, 2.75) is 18.8 Å². The third-order valence-electron chi connectivity index (χ3n) is 2.40. The molecule has 0 saturated carbocycles. The quantitative estimate of drug-likeness (QED) is 0.832. The third kappa shape index (κ3) is 3.75. The van der Waals surface area contributed by atoms with E-state index in [1.165, 1.54) is 6.07 Å². The maximum atomic E-state index is 12.5. The Bertz CT molecular complexity index is 601. The number of nitrogens with zero attached hydrogens (tertiary/aromatic N) is 1. The van der Waals surface area contributed by atoms with Crippen molar-refractivity contribution in [3.05, 3.63) is 23.8 Å². The Morgan fingerprint density at radius 2 is 1.80 bits per heavy atom. The van der Waals surface area contributed by atoms with E-state index in [9.17, 15) is 26.3 Å². The summed E-state index contributed by atoms with van der Waals surface area (Å²) >= 11 is 1.01. The minimum Gasteiger partial charge on any atom is -0.361 e. The molecule has 110 valence electrons.